The topological polar surface area (TPSA) is 112 Å². The van der Waals surface area contributed by atoms with E-state index in [9.17, 15) is 17.2 Å². The van der Waals surface area contributed by atoms with Crippen LogP contribution in [0.4, 0.5) is 24.8 Å². The third-order valence-electron chi connectivity index (χ3n) is 4.90. The van der Waals surface area contributed by atoms with E-state index in [-0.39, 0.29) is 22.6 Å². The van der Waals surface area contributed by atoms with Crippen molar-refractivity contribution in [3.8, 4) is 21.8 Å². The third-order valence-corrected chi connectivity index (χ3v) is 7.82. The van der Waals surface area contributed by atoms with Crippen molar-refractivity contribution in [3.05, 3.63) is 71.1 Å². The lowest BCUT2D eigenvalue weighted by molar-refractivity contribution is -0.364. The van der Waals surface area contributed by atoms with Crippen molar-refractivity contribution in [2.75, 3.05) is 10.5 Å². The van der Waals surface area contributed by atoms with E-state index in [0.717, 1.165) is 24.3 Å². The van der Waals surface area contributed by atoms with E-state index in [2.05, 4.69) is 15.0 Å². The lowest BCUT2D eigenvalue weighted by Crippen LogP contribution is -2.17. The normalized spacial score (nSPS) is 12.1. The van der Waals surface area contributed by atoms with Crippen LogP contribution in [0.15, 0.2) is 53.6 Å². The number of anilines is 2. The van der Waals surface area contributed by atoms with Crippen LogP contribution in [0.5, 0.6) is 0 Å². The van der Waals surface area contributed by atoms with Gasteiger partial charge in [0.25, 0.3) is 10.0 Å². The molecular weight excluding hydrogens is 499 g/mol. The van der Waals surface area contributed by atoms with Crippen molar-refractivity contribution in [3.63, 3.8) is 0 Å². The molecule has 12 heteroatoms. The molecule has 4 N–H and O–H groups in total. The Morgan fingerprint density at radius 1 is 1.00 bits per heavy atom. The number of aromatic nitrogens is 3. The Morgan fingerprint density at radius 2 is 1.66 bits per heavy atom. The number of H-pyrrole nitrogens is 1. The van der Waals surface area contributed by atoms with Gasteiger partial charge in [0.1, 0.15) is 11.6 Å². The smallest absolute Gasteiger partial charge is 0.287 e. The summed E-state index contributed by atoms with van der Waals surface area (Å²) >= 11 is 1.30. The number of rotatable bonds is 5. The van der Waals surface area contributed by atoms with E-state index in [0.29, 0.717) is 15.6 Å². The van der Waals surface area contributed by atoms with Gasteiger partial charge in [0.2, 0.25) is 0 Å². The van der Waals surface area contributed by atoms with Crippen LogP contribution in [0.3, 0.4) is 0 Å². The van der Waals surface area contributed by atoms with Gasteiger partial charge in [-0.15, -0.1) is 11.3 Å². The Hall–Kier alpha value is -3.51. The molecule has 35 heavy (non-hydrogen) atoms. The Labute approximate surface area is 204 Å². The first kappa shape index (κ1) is 24.6. The van der Waals surface area contributed by atoms with E-state index in [1.165, 1.54) is 23.5 Å². The van der Waals surface area contributed by atoms with Crippen molar-refractivity contribution in [1.82, 2.24) is 9.97 Å². The van der Waals surface area contributed by atoms with Crippen molar-refractivity contribution >= 4 is 33.0 Å². The SMILES string of the molecule is CC(C)(C)c1nc(-c2cccc(NS(=O)(=O)c3c(F)cccc3F)c2F)c(-c2cc[nH+]c(N)n2)s1. The van der Waals surface area contributed by atoms with Crippen LogP contribution in [0.2, 0.25) is 0 Å². The highest BCUT2D eigenvalue weighted by atomic mass is 32.2. The van der Waals surface area contributed by atoms with E-state index in [1.807, 2.05) is 25.5 Å². The molecule has 2 heterocycles. The van der Waals surface area contributed by atoms with Gasteiger partial charge < -0.3 is 0 Å². The molecule has 0 radical (unpaired) electrons. The maximum atomic E-state index is 15.7. The van der Waals surface area contributed by atoms with E-state index in [4.69, 9.17) is 5.73 Å². The highest BCUT2D eigenvalue weighted by Gasteiger charge is 2.29. The zero-order valence-electron chi connectivity index (χ0n) is 18.9. The molecule has 2 aromatic carbocycles. The summed E-state index contributed by atoms with van der Waals surface area (Å²) in [6, 6.07) is 8.29. The van der Waals surface area contributed by atoms with Gasteiger partial charge in [-0.2, -0.15) is 0 Å². The lowest BCUT2D eigenvalue weighted by atomic mass is 9.98. The monoisotopic (exact) mass is 520 g/mol. The number of hydrogen-bond donors (Lipinski definition) is 2. The average molecular weight is 521 g/mol. The predicted molar refractivity (Wildman–Crippen MR) is 128 cm³/mol. The molecule has 0 atom stereocenters. The number of halogens is 3. The van der Waals surface area contributed by atoms with E-state index < -0.39 is 38.1 Å². The quantitative estimate of drug-likeness (QED) is 0.393. The largest absolute Gasteiger partial charge is 0.387 e. The number of nitrogens with zero attached hydrogens (tertiary/aromatic N) is 2. The van der Waals surface area contributed by atoms with Gasteiger partial charge in [0, 0.05) is 17.0 Å². The summed E-state index contributed by atoms with van der Waals surface area (Å²) in [5.41, 5.74) is 5.58. The lowest BCUT2D eigenvalue weighted by Gasteiger charge is -2.14. The van der Waals surface area contributed by atoms with Gasteiger partial charge in [-0.1, -0.05) is 37.9 Å². The standard InChI is InChI=1S/C23H20F3N5O2S2/c1-23(2,3)21-30-18(19(34-21)16-10-11-28-22(27)29-16)12-6-4-9-15(17(12)26)31-35(32,33)20-13(24)7-5-8-14(20)25/h4-11,31H,1-3H3,(H2,27,28,29)/p+1. The highest BCUT2D eigenvalue weighted by molar-refractivity contribution is 7.92. The second kappa shape index (κ2) is 8.93. The fraction of sp³-hybridized carbons (Fsp3) is 0.174. The van der Waals surface area contributed by atoms with Crippen LogP contribution >= 0.6 is 11.3 Å². The van der Waals surface area contributed by atoms with Gasteiger partial charge in [-0.3, -0.25) is 10.5 Å². The van der Waals surface area contributed by atoms with Gasteiger partial charge in [0.05, 0.1) is 27.5 Å². The minimum atomic E-state index is -4.77. The van der Waals surface area contributed by atoms with Crippen molar-refractivity contribution in [2.24, 2.45) is 0 Å². The molecule has 0 bridgehead atoms. The predicted octanol–water partition coefficient (Wildman–Crippen LogP) is 4.78. The van der Waals surface area contributed by atoms with Crippen molar-refractivity contribution < 1.29 is 26.6 Å². The number of aromatic amines is 1. The molecule has 0 saturated carbocycles. The maximum absolute atomic E-state index is 15.7. The number of nitrogens with two attached hydrogens (primary N) is 1. The first-order valence-corrected chi connectivity index (χ1v) is 12.6. The molecule has 7 nitrogen and oxygen atoms in total. The van der Waals surface area contributed by atoms with Crippen molar-refractivity contribution in [2.45, 2.75) is 31.1 Å². The van der Waals surface area contributed by atoms with E-state index in [1.54, 1.807) is 12.3 Å². The van der Waals surface area contributed by atoms with Crippen LogP contribution in [-0.4, -0.2) is 18.4 Å². The summed E-state index contributed by atoms with van der Waals surface area (Å²) in [6.07, 6.45) is 1.59. The molecule has 0 aliphatic carbocycles. The van der Waals surface area contributed by atoms with Crippen LogP contribution in [-0.2, 0) is 15.4 Å². The summed E-state index contributed by atoms with van der Waals surface area (Å²) in [5.74, 6) is -3.41. The van der Waals surface area contributed by atoms with Gasteiger partial charge in [-0.25, -0.2) is 31.6 Å². The van der Waals surface area contributed by atoms with Gasteiger partial charge in [-0.05, 0) is 24.3 Å². The maximum Gasteiger partial charge on any atom is 0.387 e. The molecule has 0 saturated heterocycles. The number of thiazole rings is 1. The molecule has 0 unspecified atom stereocenters. The number of benzene rings is 2. The molecule has 182 valence electrons. The minimum absolute atomic E-state index is 0.0193. The summed E-state index contributed by atoms with van der Waals surface area (Å²) in [5, 5.41) is 0.689. The van der Waals surface area contributed by atoms with Crippen LogP contribution < -0.4 is 15.4 Å². The first-order valence-electron chi connectivity index (χ1n) is 10.3. The van der Waals surface area contributed by atoms with Gasteiger partial charge in [0.15, 0.2) is 16.4 Å². The third kappa shape index (κ3) is 4.84. The fourth-order valence-corrected chi connectivity index (χ4v) is 5.56. The Kier molecular flexibility index (Phi) is 6.28. The molecule has 0 aliphatic heterocycles. The zero-order chi connectivity index (χ0) is 25.5. The molecule has 0 amide bonds. The van der Waals surface area contributed by atoms with Gasteiger partial charge >= 0.3 is 5.95 Å². The molecule has 0 aliphatic rings. The highest BCUT2D eigenvalue weighted by Crippen LogP contribution is 2.41. The Bertz CT molecular complexity index is 1510. The van der Waals surface area contributed by atoms with Crippen LogP contribution in [0.25, 0.3) is 21.8 Å². The number of sulfonamides is 1. The molecular formula is C23H21F3N5O2S2+. The summed E-state index contributed by atoms with van der Waals surface area (Å²) in [7, 11) is -4.77. The zero-order valence-corrected chi connectivity index (χ0v) is 20.5. The Morgan fingerprint density at radius 3 is 2.29 bits per heavy atom. The molecule has 4 aromatic rings. The number of hydrogen-bond acceptors (Lipinski definition) is 6. The first-order chi connectivity index (χ1) is 16.4. The van der Waals surface area contributed by atoms with Crippen LogP contribution in [0, 0.1) is 17.5 Å². The second-order valence-electron chi connectivity index (χ2n) is 8.63. The van der Waals surface area contributed by atoms with Crippen molar-refractivity contribution in [1.29, 1.82) is 0 Å². The molecule has 4 rings (SSSR count). The summed E-state index contributed by atoms with van der Waals surface area (Å²) in [6.45, 7) is 5.84. The number of nitrogens with one attached hydrogen (secondary N) is 2. The minimum Gasteiger partial charge on any atom is -0.287 e. The van der Waals surface area contributed by atoms with Crippen LogP contribution in [0.1, 0.15) is 25.8 Å². The second-order valence-corrected chi connectivity index (χ2v) is 11.2. The Balaban J connectivity index is 1.85. The summed E-state index contributed by atoms with van der Waals surface area (Å²) in [4.78, 5) is 11.0. The summed E-state index contributed by atoms with van der Waals surface area (Å²) < 4.78 is 71.2. The molecule has 0 fully saturated rings. The number of nitrogen functional groups attached to an aromatic ring is 1. The fourth-order valence-electron chi connectivity index (χ4n) is 3.26. The average Bonchev–Trinajstić information content (AvgIpc) is 3.21. The van der Waals surface area contributed by atoms with E-state index >= 15 is 4.39 Å². The molecule has 2 aromatic heterocycles. The molecule has 0 spiro atoms.